The third-order valence-corrected chi connectivity index (χ3v) is 3.94. The predicted molar refractivity (Wildman–Crippen MR) is 93.9 cm³/mol. The zero-order valence-electron chi connectivity index (χ0n) is 14.3. The van der Waals surface area contributed by atoms with Gasteiger partial charge in [-0.1, -0.05) is 0 Å². The number of carbonyl (C=O) groups is 2. The summed E-state index contributed by atoms with van der Waals surface area (Å²) in [7, 11) is 1.55. The van der Waals surface area contributed by atoms with Crippen LogP contribution in [0.25, 0.3) is 0 Å². The highest BCUT2D eigenvalue weighted by atomic mass is 32.1. The van der Waals surface area contributed by atoms with E-state index < -0.39 is 18.0 Å². The number of ether oxygens (including phenoxy) is 3. The van der Waals surface area contributed by atoms with Gasteiger partial charge in [0, 0.05) is 18.2 Å². The lowest BCUT2D eigenvalue weighted by molar-refractivity contribution is -0.123. The van der Waals surface area contributed by atoms with E-state index >= 15 is 0 Å². The fourth-order valence-electron chi connectivity index (χ4n) is 1.91. The van der Waals surface area contributed by atoms with E-state index in [0.29, 0.717) is 23.9 Å². The van der Waals surface area contributed by atoms with Crippen LogP contribution in [0.5, 0.6) is 5.75 Å². The fourth-order valence-corrected chi connectivity index (χ4v) is 2.65. The number of esters is 1. The normalized spacial score (nSPS) is 11.6. The van der Waals surface area contributed by atoms with Gasteiger partial charge in [0.25, 0.3) is 5.91 Å². The van der Waals surface area contributed by atoms with Gasteiger partial charge in [-0.05, 0) is 38.1 Å². The molecule has 7 nitrogen and oxygen atoms in total. The average molecular weight is 364 g/mol. The largest absolute Gasteiger partial charge is 0.494 e. The van der Waals surface area contributed by atoms with Crippen molar-refractivity contribution in [2.45, 2.75) is 26.6 Å². The molecule has 2 aromatic rings. The molecule has 0 radical (unpaired) electrons. The fraction of sp³-hybridized carbons (Fsp3) is 0.353. The highest BCUT2D eigenvalue weighted by Gasteiger charge is 2.21. The van der Waals surface area contributed by atoms with Gasteiger partial charge in [-0.3, -0.25) is 4.79 Å². The van der Waals surface area contributed by atoms with E-state index in [1.807, 2.05) is 6.92 Å². The number of carbonyl (C=O) groups excluding carboxylic acids is 2. The second-order valence-electron chi connectivity index (χ2n) is 5.05. The molecule has 1 aromatic carbocycles. The summed E-state index contributed by atoms with van der Waals surface area (Å²) in [6, 6.07) is 6.94. The number of thiazole rings is 1. The number of benzene rings is 1. The molecule has 134 valence electrons. The van der Waals surface area contributed by atoms with Gasteiger partial charge in [-0.2, -0.15) is 0 Å². The van der Waals surface area contributed by atoms with Crippen molar-refractivity contribution in [2.24, 2.45) is 0 Å². The first kappa shape index (κ1) is 18.9. The molecule has 25 heavy (non-hydrogen) atoms. The highest BCUT2D eigenvalue weighted by molar-refractivity contribution is 7.09. The lowest BCUT2D eigenvalue weighted by atomic mass is 10.3. The summed E-state index contributed by atoms with van der Waals surface area (Å²) in [6.45, 7) is 4.30. The Labute approximate surface area is 149 Å². The smallest absolute Gasteiger partial charge is 0.358 e. The van der Waals surface area contributed by atoms with Crippen molar-refractivity contribution in [3.05, 3.63) is 40.3 Å². The maximum absolute atomic E-state index is 12.1. The second kappa shape index (κ2) is 9.14. The maximum atomic E-state index is 12.1. The number of rotatable bonds is 8. The van der Waals surface area contributed by atoms with Crippen LogP contribution >= 0.6 is 11.3 Å². The van der Waals surface area contributed by atoms with Crippen LogP contribution in [0.2, 0.25) is 0 Å². The minimum atomic E-state index is -0.952. The lowest BCUT2D eigenvalue weighted by Crippen LogP contribution is -2.30. The number of nitrogens with zero attached hydrogens (tertiary/aromatic N) is 1. The monoisotopic (exact) mass is 364 g/mol. The molecule has 0 spiro atoms. The Bertz CT molecular complexity index is 714. The summed E-state index contributed by atoms with van der Waals surface area (Å²) in [6.07, 6.45) is -0.952. The molecule has 0 aliphatic rings. The van der Waals surface area contributed by atoms with E-state index in [1.54, 1.807) is 36.8 Å². The zero-order valence-corrected chi connectivity index (χ0v) is 15.1. The maximum Gasteiger partial charge on any atom is 0.358 e. The second-order valence-corrected chi connectivity index (χ2v) is 6.00. The Kier molecular flexibility index (Phi) is 6.91. The molecule has 0 aliphatic carbocycles. The third kappa shape index (κ3) is 5.54. The summed E-state index contributed by atoms with van der Waals surface area (Å²) in [5, 5.41) is 4.93. The lowest BCUT2D eigenvalue weighted by Gasteiger charge is -2.13. The standard InChI is InChI=1S/C17H20N2O5S/c1-4-23-13-7-5-12(6-8-13)18-16(20)11(2)24-17(21)14-10-25-15(19-14)9-22-3/h5-8,10-11H,4,9H2,1-3H3,(H,18,20). The Hall–Kier alpha value is -2.45. The summed E-state index contributed by atoms with van der Waals surface area (Å²) in [5.41, 5.74) is 0.755. The van der Waals surface area contributed by atoms with Crippen molar-refractivity contribution in [3.63, 3.8) is 0 Å². The number of hydrogen-bond donors (Lipinski definition) is 1. The average Bonchev–Trinajstić information content (AvgIpc) is 3.06. The molecule has 1 N–H and O–H groups in total. The molecule has 8 heteroatoms. The topological polar surface area (TPSA) is 86.8 Å². The molecule has 1 atom stereocenters. The number of anilines is 1. The van der Waals surface area contributed by atoms with Gasteiger partial charge in [0.2, 0.25) is 0 Å². The Morgan fingerprint density at radius 1 is 1.28 bits per heavy atom. The van der Waals surface area contributed by atoms with Crippen molar-refractivity contribution in [3.8, 4) is 5.75 Å². The van der Waals surface area contributed by atoms with Crippen molar-refractivity contribution in [2.75, 3.05) is 19.0 Å². The molecule has 2 rings (SSSR count). The molecule has 1 amide bonds. The molecule has 0 saturated heterocycles. The van der Waals surface area contributed by atoms with Crippen LogP contribution in [0.3, 0.4) is 0 Å². The van der Waals surface area contributed by atoms with Crippen molar-refractivity contribution in [1.29, 1.82) is 0 Å². The molecule has 1 unspecified atom stereocenters. The summed E-state index contributed by atoms with van der Waals surface area (Å²) < 4.78 is 15.4. The van der Waals surface area contributed by atoms with Crippen LogP contribution in [0, 0.1) is 0 Å². The highest BCUT2D eigenvalue weighted by Crippen LogP contribution is 2.16. The number of aromatic nitrogens is 1. The van der Waals surface area contributed by atoms with E-state index in [2.05, 4.69) is 10.3 Å². The Balaban J connectivity index is 1.89. The van der Waals surface area contributed by atoms with E-state index in [4.69, 9.17) is 14.2 Å². The van der Waals surface area contributed by atoms with Gasteiger partial charge >= 0.3 is 5.97 Å². The molecule has 0 aliphatic heterocycles. The summed E-state index contributed by atoms with van der Waals surface area (Å²) in [4.78, 5) is 28.3. The molecule has 1 aromatic heterocycles. The van der Waals surface area contributed by atoms with Gasteiger partial charge in [-0.15, -0.1) is 11.3 Å². The zero-order chi connectivity index (χ0) is 18.2. The summed E-state index contributed by atoms with van der Waals surface area (Å²) >= 11 is 1.30. The molecule has 0 bridgehead atoms. The number of nitrogens with one attached hydrogen (secondary N) is 1. The Morgan fingerprint density at radius 3 is 2.64 bits per heavy atom. The first-order valence-electron chi connectivity index (χ1n) is 7.71. The van der Waals surface area contributed by atoms with E-state index in [1.165, 1.54) is 18.3 Å². The van der Waals surface area contributed by atoms with Gasteiger partial charge < -0.3 is 19.5 Å². The number of methoxy groups -OCH3 is 1. The van der Waals surface area contributed by atoms with E-state index in [9.17, 15) is 9.59 Å². The molecule has 0 saturated carbocycles. The predicted octanol–water partition coefficient (Wildman–Crippen LogP) is 2.87. The first-order chi connectivity index (χ1) is 12.0. The molecular weight excluding hydrogens is 344 g/mol. The van der Waals surface area contributed by atoms with Gasteiger partial charge in [-0.25, -0.2) is 9.78 Å². The number of hydrogen-bond acceptors (Lipinski definition) is 7. The van der Waals surface area contributed by atoms with Crippen LogP contribution in [-0.4, -0.2) is 36.7 Å². The molecule has 0 fully saturated rings. The van der Waals surface area contributed by atoms with Gasteiger partial charge in [0.15, 0.2) is 11.8 Å². The minimum Gasteiger partial charge on any atom is -0.494 e. The van der Waals surface area contributed by atoms with Crippen LogP contribution in [0.1, 0.15) is 29.3 Å². The minimum absolute atomic E-state index is 0.165. The quantitative estimate of drug-likeness (QED) is 0.725. The van der Waals surface area contributed by atoms with E-state index in [-0.39, 0.29) is 5.69 Å². The first-order valence-corrected chi connectivity index (χ1v) is 8.59. The van der Waals surface area contributed by atoms with Crippen molar-refractivity contribution in [1.82, 2.24) is 4.98 Å². The van der Waals surface area contributed by atoms with Gasteiger partial charge in [0.1, 0.15) is 10.8 Å². The Morgan fingerprint density at radius 2 is 2.00 bits per heavy atom. The molecule has 1 heterocycles. The van der Waals surface area contributed by atoms with Crippen LogP contribution in [0.15, 0.2) is 29.6 Å². The van der Waals surface area contributed by atoms with Crippen LogP contribution in [-0.2, 0) is 20.9 Å². The third-order valence-electron chi connectivity index (χ3n) is 3.11. The number of amides is 1. The summed E-state index contributed by atoms with van der Waals surface area (Å²) in [5.74, 6) is -0.354. The van der Waals surface area contributed by atoms with Crippen molar-refractivity contribution < 1.29 is 23.8 Å². The van der Waals surface area contributed by atoms with E-state index in [0.717, 1.165) is 5.75 Å². The van der Waals surface area contributed by atoms with Gasteiger partial charge in [0.05, 0.1) is 13.2 Å². The SMILES string of the molecule is CCOc1ccc(NC(=O)C(C)OC(=O)c2csc(COC)n2)cc1. The molecular formula is C17H20N2O5S. The van der Waals surface area contributed by atoms with Crippen LogP contribution in [0.4, 0.5) is 5.69 Å². The van der Waals surface area contributed by atoms with Crippen molar-refractivity contribution >= 4 is 28.9 Å². The van der Waals surface area contributed by atoms with Crippen LogP contribution < -0.4 is 10.1 Å².